The molecule has 1 aliphatic heterocycles. The lowest BCUT2D eigenvalue weighted by molar-refractivity contribution is -0.117. The molecular formula is C9H12N2O3. The number of ether oxygens (including phenoxy) is 1. The summed E-state index contributed by atoms with van der Waals surface area (Å²) in [6.45, 7) is -0.00824. The van der Waals surface area contributed by atoms with Crippen LogP contribution >= 0.6 is 0 Å². The quantitative estimate of drug-likeness (QED) is 0.718. The van der Waals surface area contributed by atoms with E-state index in [-0.39, 0.29) is 18.7 Å². The number of amides is 1. The van der Waals surface area contributed by atoms with Crippen LogP contribution in [-0.4, -0.2) is 31.2 Å². The van der Waals surface area contributed by atoms with Gasteiger partial charge in [0, 0.05) is 24.8 Å². The number of hydrogen-bond donors (Lipinski definition) is 1. The molecule has 0 aromatic rings. The molecule has 0 radical (unpaired) electrons. The molecule has 0 fully saturated rings. The average Bonchev–Trinajstić information content (AvgIpc) is 2.66. The van der Waals surface area contributed by atoms with E-state index in [0.717, 1.165) is 12.1 Å². The zero-order valence-electron chi connectivity index (χ0n) is 7.95. The van der Waals surface area contributed by atoms with E-state index in [9.17, 15) is 9.59 Å². The van der Waals surface area contributed by atoms with Crippen LogP contribution in [0.4, 0.5) is 4.79 Å². The van der Waals surface area contributed by atoms with Crippen LogP contribution in [0.3, 0.4) is 0 Å². The first-order chi connectivity index (χ1) is 6.72. The number of rotatable bonds is 4. The van der Waals surface area contributed by atoms with E-state index in [0.29, 0.717) is 0 Å². The summed E-state index contributed by atoms with van der Waals surface area (Å²) in [6.07, 6.45) is 3.98. The van der Waals surface area contributed by atoms with E-state index in [1.165, 1.54) is 7.11 Å². The second-order valence-corrected chi connectivity index (χ2v) is 2.84. The number of Topliss-reactive ketones (excluding diaryl/α,β-unsaturated/α-hetero) is 1. The number of methoxy groups -OCH3 is 1. The fourth-order valence-electron chi connectivity index (χ4n) is 1.05. The Balaban J connectivity index is 2.19. The predicted octanol–water partition coefficient (Wildman–Crippen LogP) is 0.660. The van der Waals surface area contributed by atoms with Gasteiger partial charge >= 0.3 is 6.09 Å². The van der Waals surface area contributed by atoms with Gasteiger partial charge in [0.25, 0.3) is 0 Å². The highest BCUT2D eigenvalue weighted by Crippen LogP contribution is 2.03. The molecule has 0 aromatic heterocycles. The molecule has 5 heteroatoms. The zero-order chi connectivity index (χ0) is 10.4. The van der Waals surface area contributed by atoms with Crippen LogP contribution in [0.25, 0.3) is 0 Å². The smallest absolute Gasteiger partial charge is 0.407 e. The molecule has 14 heavy (non-hydrogen) atoms. The fourth-order valence-corrected chi connectivity index (χ4v) is 1.05. The molecule has 1 rings (SSSR count). The normalized spacial score (nSPS) is 13.6. The maximum atomic E-state index is 11.2. The van der Waals surface area contributed by atoms with Crippen molar-refractivity contribution in [3.05, 3.63) is 12.3 Å². The maximum absolute atomic E-state index is 11.2. The second kappa shape index (κ2) is 5.16. The molecule has 1 N–H and O–H groups in total. The van der Waals surface area contributed by atoms with Crippen LogP contribution in [-0.2, 0) is 9.53 Å². The second-order valence-electron chi connectivity index (χ2n) is 2.84. The molecule has 0 saturated carbocycles. The van der Waals surface area contributed by atoms with Crippen LogP contribution in [0.2, 0.25) is 0 Å². The lowest BCUT2D eigenvalue weighted by atomic mass is 10.1. The topological polar surface area (TPSA) is 67.8 Å². The van der Waals surface area contributed by atoms with Crippen LogP contribution in [0.5, 0.6) is 0 Å². The van der Waals surface area contributed by atoms with E-state index < -0.39 is 6.09 Å². The van der Waals surface area contributed by atoms with Gasteiger partial charge in [-0.05, 0) is 0 Å². The van der Waals surface area contributed by atoms with Gasteiger partial charge < -0.3 is 10.1 Å². The first-order valence-corrected chi connectivity index (χ1v) is 4.26. The molecular weight excluding hydrogens is 184 g/mol. The highest BCUT2D eigenvalue weighted by Gasteiger charge is 2.09. The van der Waals surface area contributed by atoms with Crippen molar-refractivity contribution in [1.82, 2.24) is 5.32 Å². The molecule has 0 aromatic carbocycles. The lowest BCUT2D eigenvalue weighted by Crippen LogP contribution is -2.30. The third-order valence-corrected chi connectivity index (χ3v) is 1.73. The van der Waals surface area contributed by atoms with Gasteiger partial charge in [0.05, 0.1) is 13.7 Å². The van der Waals surface area contributed by atoms with Gasteiger partial charge in [-0.15, -0.1) is 0 Å². The van der Waals surface area contributed by atoms with Gasteiger partial charge in [-0.2, -0.15) is 0 Å². The number of hydrogen-bond acceptors (Lipinski definition) is 4. The SMILES string of the molecule is COC(=O)NCC(=O)CC1=NC=CC1. The largest absolute Gasteiger partial charge is 0.453 e. The third kappa shape index (κ3) is 3.38. The molecule has 1 aliphatic rings. The Labute approximate surface area is 81.8 Å². The Morgan fingerprint density at radius 1 is 1.64 bits per heavy atom. The summed E-state index contributed by atoms with van der Waals surface area (Å²) >= 11 is 0. The van der Waals surface area contributed by atoms with Crippen molar-refractivity contribution in [2.75, 3.05) is 13.7 Å². The lowest BCUT2D eigenvalue weighted by Gasteiger charge is -2.02. The number of carbonyl (C=O) groups excluding carboxylic acids is 2. The van der Waals surface area contributed by atoms with Crippen molar-refractivity contribution in [2.24, 2.45) is 4.99 Å². The number of nitrogens with one attached hydrogen (secondary N) is 1. The number of aliphatic imine (C=N–C) groups is 1. The Morgan fingerprint density at radius 2 is 2.43 bits per heavy atom. The number of nitrogens with zero attached hydrogens (tertiary/aromatic N) is 1. The van der Waals surface area contributed by atoms with Crippen LogP contribution in [0.15, 0.2) is 17.3 Å². The Bertz CT molecular complexity index is 294. The van der Waals surface area contributed by atoms with Gasteiger partial charge in [0.2, 0.25) is 0 Å². The molecule has 0 aliphatic carbocycles. The zero-order valence-corrected chi connectivity index (χ0v) is 7.95. The summed E-state index contributed by atoms with van der Waals surface area (Å²) in [4.78, 5) is 25.9. The van der Waals surface area contributed by atoms with E-state index in [1.54, 1.807) is 6.20 Å². The number of ketones is 1. The van der Waals surface area contributed by atoms with Crippen LogP contribution < -0.4 is 5.32 Å². The van der Waals surface area contributed by atoms with E-state index in [4.69, 9.17) is 0 Å². The number of allylic oxidation sites excluding steroid dienone is 1. The van der Waals surface area contributed by atoms with Gasteiger partial charge in [-0.3, -0.25) is 9.79 Å². The molecule has 1 heterocycles. The predicted molar refractivity (Wildman–Crippen MR) is 51.2 cm³/mol. The standard InChI is InChI=1S/C9H12N2O3/c1-14-9(13)11-6-8(12)5-7-3-2-4-10-7/h2,4H,3,5-6H2,1H3,(H,11,13). The van der Waals surface area contributed by atoms with Crippen molar-refractivity contribution < 1.29 is 14.3 Å². The molecule has 0 unspecified atom stereocenters. The molecule has 0 bridgehead atoms. The summed E-state index contributed by atoms with van der Waals surface area (Å²) in [6, 6.07) is 0. The molecule has 5 nitrogen and oxygen atoms in total. The summed E-state index contributed by atoms with van der Waals surface area (Å²) in [5, 5.41) is 2.32. The van der Waals surface area contributed by atoms with Gasteiger partial charge in [0.15, 0.2) is 5.78 Å². The van der Waals surface area contributed by atoms with E-state index >= 15 is 0 Å². The molecule has 0 spiro atoms. The number of alkyl carbamates (subject to hydrolysis) is 1. The van der Waals surface area contributed by atoms with Gasteiger partial charge in [0.1, 0.15) is 0 Å². The summed E-state index contributed by atoms with van der Waals surface area (Å²) in [5.41, 5.74) is 0.835. The first kappa shape index (κ1) is 10.4. The van der Waals surface area contributed by atoms with Crippen molar-refractivity contribution in [3.8, 4) is 0 Å². The highest BCUT2D eigenvalue weighted by atomic mass is 16.5. The Kier molecular flexibility index (Phi) is 3.84. The van der Waals surface area contributed by atoms with E-state index in [1.807, 2.05) is 6.08 Å². The van der Waals surface area contributed by atoms with E-state index in [2.05, 4.69) is 15.0 Å². The molecule has 0 atom stereocenters. The van der Waals surface area contributed by atoms with Crippen molar-refractivity contribution in [3.63, 3.8) is 0 Å². The number of carbonyl (C=O) groups is 2. The minimum absolute atomic E-state index is 0.00824. The highest BCUT2D eigenvalue weighted by molar-refractivity contribution is 6.04. The Morgan fingerprint density at radius 3 is 3.00 bits per heavy atom. The van der Waals surface area contributed by atoms with Crippen molar-refractivity contribution in [1.29, 1.82) is 0 Å². The summed E-state index contributed by atoms with van der Waals surface area (Å²) in [5.74, 6) is -0.0714. The minimum atomic E-state index is -0.593. The maximum Gasteiger partial charge on any atom is 0.407 e. The summed E-state index contributed by atoms with van der Waals surface area (Å²) < 4.78 is 4.33. The summed E-state index contributed by atoms with van der Waals surface area (Å²) in [7, 11) is 1.25. The fraction of sp³-hybridized carbons (Fsp3) is 0.444. The van der Waals surface area contributed by atoms with Crippen molar-refractivity contribution >= 4 is 17.6 Å². The van der Waals surface area contributed by atoms with Crippen LogP contribution in [0, 0.1) is 0 Å². The van der Waals surface area contributed by atoms with Gasteiger partial charge in [-0.25, -0.2) is 4.79 Å². The first-order valence-electron chi connectivity index (χ1n) is 4.26. The molecule has 76 valence electrons. The third-order valence-electron chi connectivity index (χ3n) is 1.73. The molecule has 0 saturated heterocycles. The minimum Gasteiger partial charge on any atom is -0.453 e. The van der Waals surface area contributed by atoms with Crippen molar-refractivity contribution in [2.45, 2.75) is 12.8 Å². The Hall–Kier alpha value is -1.65. The monoisotopic (exact) mass is 196 g/mol. The average molecular weight is 196 g/mol. The van der Waals surface area contributed by atoms with Crippen LogP contribution in [0.1, 0.15) is 12.8 Å². The molecule has 1 amide bonds. The van der Waals surface area contributed by atoms with Gasteiger partial charge in [-0.1, -0.05) is 6.08 Å².